The Morgan fingerprint density at radius 1 is 1.32 bits per heavy atom. The maximum Gasteiger partial charge on any atom is 0.417 e. The zero-order valence-corrected chi connectivity index (χ0v) is 14.4. The second-order valence-electron chi connectivity index (χ2n) is 6.05. The summed E-state index contributed by atoms with van der Waals surface area (Å²) in [5, 5.41) is 0.208. The van der Waals surface area contributed by atoms with Gasteiger partial charge >= 0.3 is 6.09 Å². The lowest BCUT2D eigenvalue weighted by Crippen LogP contribution is -2.42. The van der Waals surface area contributed by atoms with E-state index in [9.17, 15) is 14.0 Å². The molecule has 0 unspecified atom stereocenters. The molecule has 130 valence electrons. The third-order valence-electron chi connectivity index (χ3n) is 4.27. The van der Waals surface area contributed by atoms with E-state index in [1.807, 2.05) is 30.3 Å². The number of imide groups is 1. The quantitative estimate of drug-likeness (QED) is 0.821. The van der Waals surface area contributed by atoms with Gasteiger partial charge in [-0.3, -0.25) is 4.79 Å². The molecule has 0 saturated carbocycles. The van der Waals surface area contributed by atoms with Crippen molar-refractivity contribution in [1.82, 2.24) is 4.90 Å². The second kappa shape index (κ2) is 7.23. The fourth-order valence-electron chi connectivity index (χ4n) is 2.94. The van der Waals surface area contributed by atoms with Crippen molar-refractivity contribution in [2.24, 2.45) is 0 Å². The van der Waals surface area contributed by atoms with E-state index < -0.39 is 23.7 Å². The van der Waals surface area contributed by atoms with Gasteiger partial charge in [-0.05, 0) is 42.7 Å². The van der Waals surface area contributed by atoms with Gasteiger partial charge in [-0.25, -0.2) is 14.1 Å². The van der Waals surface area contributed by atoms with Gasteiger partial charge in [0.2, 0.25) is 5.91 Å². The molecule has 2 aromatic carbocycles. The number of hydrogen-bond acceptors (Lipinski definition) is 3. The van der Waals surface area contributed by atoms with Crippen LogP contribution in [0.1, 0.15) is 24.0 Å². The number of amides is 2. The topological polar surface area (TPSA) is 46.6 Å². The van der Waals surface area contributed by atoms with Crippen LogP contribution in [0.5, 0.6) is 0 Å². The molecule has 4 nitrogen and oxygen atoms in total. The first-order valence-electron chi connectivity index (χ1n) is 7.95. The van der Waals surface area contributed by atoms with Crippen molar-refractivity contribution in [3.63, 3.8) is 0 Å². The summed E-state index contributed by atoms with van der Waals surface area (Å²) >= 11 is 5.87. The minimum Gasteiger partial charge on any atom is -0.447 e. The Morgan fingerprint density at radius 2 is 2.04 bits per heavy atom. The monoisotopic (exact) mass is 361 g/mol. The number of benzene rings is 2. The van der Waals surface area contributed by atoms with E-state index in [2.05, 4.69) is 0 Å². The Morgan fingerprint density at radius 3 is 2.72 bits per heavy atom. The highest BCUT2D eigenvalue weighted by Gasteiger charge is 2.40. The van der Waals surface area contributed by atoms with Crippen LogP contribution in [-0.2, 0) is 16.0 Å². The smallest absolute Gasteiger partial charge is 0.417 e. The third kappa shape index (κ3) is 3.82. The van der Waals surface area contributed by atoms with E-state index in [1.54, 1.807) is 6.92 Å². The number of cyclic esters (lactones) is 1. The molecule has 0 N–H and O–H groups in total. The standard InChI is InChI=1S/C19H17ClFNO3/c1-12(14-8-15(20)10-16(21)9-14)18(23)22-17(11-25-19(22)24)7-13-5-3-2-4-6-13/h2-6,8-10,12,17H,7,11H2,1H3/t12-,17-/m0/s1. The van der Waals surface area contributed by atoms with E-state index in [1.165, 1.54) is 18.2 Å². The predicted octanol–water partition coefficient (Wildman–Crippen LogP) is 4.17. The Bertz CT molecular complexity index is 776. The Labute approximate surface area is 150 Å². The average molecular weight is 362 g/mol. The molecule has 1 saturated heterocycles. The van der Waals surface area contributed by atoms with E-state index in [0.717, 1.165) is 10.5 Å². The first kappa shape index (κ1) is 17.4. The molecular formula is C19H17ClFNO3. The number of carbonyl (C=O) groups is 2. The minimum atomic E-state index is -0.711. The molecule has 0 spiro atoms. The zero-order valence-electron chi connectivity index (χ0n) is 13.6. The third-order valence-corrected chi connectivity index (χ3v) is 4.49. The summed E-state index contributed by atoms with van der Waals surface area (Å²) in [6, 6.07) is 13.1. The summed E-state index contributed by atoms with van der Waals surface area (Å²) in [5.74, 6) is -1.66. The van der Waals surface area contributed by atoms with E-state index in [-0.39, 0.29) is 17.7 Å². The van der Waals surface area contributed by atoms with Gasteiger partial charge in [0, 0.05) is 5.02 Å². The van der Waals surface area contributed by atoms with Crippen LogP contribution in [0.4, 0.5) is 9.18 Å². The van der Waals surface area contributed by atoms with Crippen molar-refractivity contribution < 1.29 is 18.7 Å². The molecule has 0 radical (unpaired) electrons. The van der Waals surface area contributed by atoms with Gasteiger partial charge in [-0.1, -0.05) is 41.9 Å². The van der Waals surface area contributed by atoms with Crippen LogP contribution in [0.25, 0.3) is 0 Å². The molecule has 0 aromatic heterocycles. The predicted molar refractivity (Wildman–Crippen MR) is 92.0 cm³/mol. The molecule has 2 atom stereocenters. The van der Waals surface area contributed by atoms with Crippen LogP contribution in [0.3, 0.4) is 0 Å². The SMILES string of the molecule is C[C@H](C(=O)N1C(=O)OC[C@@H]1Cc1ccccc1)c1cc(F)cc(Cl)c1. The van der Waals surface area contributed by atoms with Crippen LogP contribution >= 0.6 is 11.6 Å². The number of halogens is 2. The Balaban J connectivity index is 1.81. The number of rotatable bonds is 4. The second-order valence-corrected chi connectivity index (χ2v) is 6.49. The lowest BCUT2D eigenvalue weighted by molar-refractivity contribution is -0.130. The van der Waals surface area contributed by atoms with Crippen molar-refractivity contribution >= 4 is 23.6 Å². The molecule has 0 bridgehead atoms. The van der Waals surface area contributed by atoms with Gasteiger partial charge < -0.3 is 4.74 Å². The molecule has 1 fully saturated rings. The maximum atomic E-state index is 13.6. The fraction of sp³-hybridized carbons (Fsp3) is 0.263. The molecule has 1 aliphatic heterocycles. The van der Waals surface area contributed by atoms with Gasteiger partial charge in [-0.15, -0.1) is 0 Å². The van der Waals surface area contributed by atoms with Crippen LogP contribution in [-0.4, -0.2) is 29.5 Å². The van der Waals surface area contributed by atoms with E-state index >= 15 is 0 Å². The first-order chi connectivity index (χ1) is 12.0. The lowest BCUT2D eigenvalue weighted by atomic mass is 9.98. The summed E-state index contributed by atoms with van der Waals surface area (Å²) < 4.78 is 18.6. The van der Waals surface area contributed by atoms with Crippen molar-refractivity contribution in [3.05, 3.63) is 70.5 Å². The van der Waals surface area contributed by atoms with Gasteiger partial charge in [0.05, 0.1) is 12.0 Å². The summed E-state index contributed by atoms with van der Waals surface area (Å²) in [5.41, 5.74) is 1.43. The largest absolute Gasteiger partial charge is 0.447 e. The highest BCUT2D eigenvalue weighted by atomic mass is 35.5. The molecule has 3 rings (SSSR count). The zero-order chi connectivity index (χ0) is 18.0. The Hall–Kier alpha value is -2.40. The van der Waals surface area contributed by atoms with Gasteiger partial charge in [0.25, 0.3) is 0 Å². The number of carbonyl (C=O) groups excluding carboxylic acids is 2. The first-order valence-corrected chi connectivity index (χ1v) is 8.33. The molecule has 6 heteroatoms. The van der Waals surface area contributed by atoms with Gasteiger partial charge in [0.1, 0.15) is 12.4 Å². The minimum absolute atomic E-state index is 0.149. The number of hydrogen-bond donors (Lipinski definition) is 0. The van der Waals surface area contributed by atoms with Gasteiger partial charge in [0.15, 0.2) is 0 Å². The van der Waals surface area contributed by atoms with Crippen molar-refractivity contribution in [1.29, 1.82) is 0 Å². The Kier molecular flexibility index (Phi) is 5.04. The van der Waals surface area contributed by atoms with Crippen molar-refractivity contribution in [3.8, 4) is 0 Å². The van der Waals surface area contributed by atoms with Crippen LogP contribution in [0.2, 0.25) is 5.02 Å². The van der Waals surface area contributed by atoms with Crippen molar-refractivity contribution in [2.45, 2.75) is 25.3 Å². The number of ether oxygens (including phenoxy) is 1. The molecule has 2 aromatic rings. The average Bonchev–Trinajstić information content (AvgIpc) is 2.94. The van der Waals surface area contributed by atoms with Crippen LogP contribution in [0, 0.1) is 5.82 Å². The molecular weight excluding hydrogens is 345 g/mol. The van der Waals surface area contributed by atoms with Crippen LogP contribution < -0.4 is 0 Å². The van der Waals surface area contributed by atoms with E-state index in [4.69, 9.17) is 16.3 Å². The molecule has 2 amide bonds. The molecule has 25 heavy (non-hydrogen) atoms. The van der Waals surface area contributed by atoms with Crippen LogP contribution in [0.15, 0.2) is 48.5 Å². The fourth-order valence-corrected chi connectivity index (χ4v) is 3.17. The van der Waals surface area contributed by atoms with E-state index in [0.29, 0.717) is 12.0 Å². The van der Waals surface area contributed by atoms with Gasteiger partial charge in [-0.2, -0.15) is 0 Å². The normalized spacial score (nSPS) is 18.1. The highest BCUT2D eigenvalue weighted by molar-refractivity contribution is 6.30. The lowest BCUT2D eigenvalue weighted by Gasteiger charge is -2.23. The summed E-state index contributed by atoms with van der Waals surface area (Å²) in [7, 11) is 0. The number of nitrogens with zero attached hydrogens (tertiary/aromatic N) is 1. The highest BCUT2D eigenvalue weighted by Crippen LogP contribution is 2.27. The van der Waals surface area contributed by atoms with Crippen molar-refractivity contribution in [2.75, 3.05) is 6.61 Å². The molecule has 1 aliphatic rings. The maximum absolute atomic E-state index is 13.6. The summed E-state index contributed by atoms with van der Waals surface area (Å²) in [6.07, 6.45) is -0.158. The summed E-state index contributed by atoms with van der Waals surface area (Å²) in [4.78, 5) is 26.0. The molecule has 0 aliphatic carbocycles. The summed E-state index contributed by atoms with van der Waals surface area (Å²) in [6.45, 7) is 1.77. The molecule has 1 heterocycles.